The van der Waals surface area contributed by atoms with E-state index >= 15 is 0 Å². The third-order valence-corrected chi connectivity index (χ3v) is 3.05. The lowest BCUT2D eigenvalue weighted by Gasteiger charge is -2.07. The van der Waals surface area contributed by atoms with E-state index in [1.165, 1.54) is 24.3 Å². The summed E-state index contributed by atoms with van der Waals surface area (Å²) in [5.41, 5.74) is 1.79. The molecule has 2 N–H and O–H groups in total. The average Bonchev–Trinajstić information content (AvgIpc) is 2.55. The van der Waals surface area contributed by atoms with Crippen molar-refractivity contribution in [3.63, 3.8) is 0 Å². The number of nitriles is 1. The normalized spacial score (nSPS) is 9.74. The van der Waals surface area contributed by atoms with Gasteiger partial charge in [0, 0.05) is 17.8 Å². The average molecular weight is 311 g/mol. The molecule has 0 aromatic heterocycles. The molecule has 0 fully saturated rings. The van der Waals surface area contributed by atoms with Gasteiger partial charge in [-0.05, 0) is 42.0 Å². The molecule has 116 valence electrons. The number of carbonyl (C=O) groups is 2. The van der Waals surface area contributed by atoms with Crippen molar-refractivity contribution in [2.75, 3.05) is 5.32 Å². The van der Waals surface area contributed by atoms with Crippen LogP contribution < -0.4 is 10.6 Å². The van der Waals surface area contributed by atoms with E-state index in [0.717, 1.165) is 5.56 Å². The topological polar surface area (TPSA) is 82.0 Å². The summed E-state index contributed by atoms with van der Waals surface area (Å²) < 4.78 is 12.8. The van der Waals surface area contributed by atoms with Crippen LogP contribution in [0, 0.1) is 17.1 Å². The van der Waals surface area contributed by atoms with Crippen molar-refractivity contribution in [1.29, 1.82) is 5.26 Å². The Kier molecular flexibility index (Phi) is 5.42. The molecule has 23 heavy (non-hydrogen) atoms. The van der Waals surface area contributed by atoms with Crippen molar-refractivity contribution in [1.82, 2.24) is 5.32 Å². The SMILES string of the molecule is N#CCC(=O)NCc1ccc(NC(=O)c2ccc(F)cc2)cc1. The van der Waals surface area contributed by atoms with E-state index in [9.17, 15) is 14.0 Å². The molecule has 0 atom stereocenters. The number of halogens is 1. The number of carbonyl (C=O) groups excluding carboxylic acids is 2. The fourth-order valence-corrected chi connectivity index (χ4v) is 1.85. The predicted molar refractivity (Wildman–Crippen MR) is 82.9 cm³/mol. The van der Waals surface area contributed by atoms with Crippen LogP contribution in [0.25, 0.3) is 0 Å². The summed E-state index contributed by atoms with van der Waals surface area (Å²) in [7, 11) is 0. The molecule has 2 amide bonds. The largest absolute Gasteiger partial charge is 0.351 e. The fraction of sp³-hybridized carbons (Fsp3) is 0.118. The van der Waals surface area contributed by atoms with Crippen LogP contribution in [0.1, 0.15) is 22.3 Å². The van der Waals surface area contributed by atoms with Crippen LogP contribution in [-0.2, 0) is 11.3 Å². The number of benzene rings is 2. The molecule has 5 nitrogen and oxygen atoms in total. The van der Waals surface area contributed by atoms with Gasteiger partial charge >= 0.3 is 0 Å². The van der Waals surface area contributed by atoms with Gasteiger partial charge in [0.1, 0.15) is 12.2 Å². The number of rotatable bonds is 5. The van der Waals surface area contributed by atoms with Crippen molar-refractivity contribution in [3.8, 4) is 6.07 Å². The Morgan fingerprint density at radius 3 is 2.30 bits per heavy atom. The number of nitrogens with zero attached hydrogens (tertiary/aromatic N) is 1. The van der Waals surface area contributed by atoms with Gasteiger partial charge in [0.25, 0.3) is 5.91 Å². The minimum Gasteiger partial charge on any atom is -0.351 e. The summed E-state index contributed by atoms with van der Waals surface area (Å²) in [6.45, 7) is 0.312. The molecular formula is C17H14FN3O2. The predicted octanol–water partition coefficient (Wildman–Crippen LogP) is 2.61. The molecule has 0 saturated heterocycles. The third-order valence-electron chi connectivity index (χ3n) is 3.05. The molecule has 0 heterocycles. The smallest absolute Gasteiger partial charge is 0.255 e. The maximum atomic E-state index is 12.8. The second-order valence-corrected chi connectivity index (χ2v) is 4.77. The number of nitrogens with one attached hydrogen (secondary N) is 2. The fourth-order valence-electron chi connectivity index (χ4n) is 1.85. The van der Waals surface area contributed by atoms with E-state index in [-0.39, 0.29) is 18.2 Å². The first-order chi connectivity index (χ1) is 11.1. The van der Waals surface area contributed by atoms with Crippen molar-refractivity contribution in [3.05, 3.63) is 65.5 Å². The quantitative estimate of drug-likeness (QED) is 0.890. The second-order valence-electron chi connectivity index (χ2n) is 4.77. The Hall–Kier alpha value is -3.20. The molecule has 0 saturated carbocycles. The van der Waals surface area contributed by atoms with E-state index in [0.29, 0.717) is 17.8 Å². The summed E-state index contributed by atoms with van der Waals surface area (Å²) in [6, 6.07) is 13.9. The van der Waals surface area contributed by atoms with Gasteiger partial charge < -0.3 is 10.6 Å². The zero-order chi connectivity index (χ0) is 16.7. The van der Waals surface area contributed by atoms with E-state index < -0.39 is 5.82 Å². The summed E-state index contributed by atoms with van der Waals surface area (Å²) in [5, 5.41) is 13.7. The first-order valence-electron chi connectivity index (χ1n) is 6.88. The standard InChI is InChI=1S/C17H14FN3O2/c18-14-5-3-13(4-6-14)17(23)21-15-7-1-12(2-8-15)11-20-16(22)9-10-19/h1-8H,9,11H2,(H,20,22)(H,21,23). The lowest BCUT2D eigenvalue weighted by Crippen LogP contribution is -2.21. The summed E-state index contributed by atoms with van der Waals surface area (Å²) in [4.78, 5) is 23.2. The van der Waals surface area contributed by atoms with Crippen molar-refractivity contribution in [2.24, 2.45) is 0 Å². The summed E-state index contributed by atoms with van der Waals surface area (Å²) in [5.74, 6) is -1.06. The van der Waals surface area contributed by atoms with E-state index in [1.54, 1.807) is 30.3 Å². The maximum Gasteiger partial charge on any atom is 0.255 e. The Bertz CT molecular complexity index is 734. The van der Waals surface area contributed by atoms with E-state index in [4.69, 9.17) is 5.26 Å². The molecular weight excluding hydrogens is 297 g/mol. The molecule has 6 heteroatoms. The van der Waals surface area contributed by atoms with Crippen molar-refractivity contribution < 1.29 is 14.0 Å². The van der Waals surface area contributed by atoms with E-state index in [2.05, 4.69) is 10.6 Å². The van der Waals surface area contributed by atoms with Crippen LogP contribution in [0.5, 0.6) is 0 Å². The number of amides is 2. The zero-order valence-corrected chi connectivity index (χ0v) is 12.2. The summed E-state index contributed by atoms with van der Waals surface area (Å²) >= 11 is 0. The van der Waals surface area contributed by atoms with Crippen LogP contribution in [0.15, 0.2) is 48.5 Å². The van der Waals surface area contributed by atoms with Gasteiger partial charge in [-0.15, -0.1) is 0 Å². The van der Waals surface area contributed by atoms with Gasteiger partial charge in [-0.1, -0.05) is 12.1 Å². The number of hydrogen-bond acceptors (Lipinski definition) is 3. The Labute approximate surface area is 132 Å². The molecule has 2 aromatic carbocycles. The highest BCUT2D eigenvalue weighted by atomic mass is 19.1. The monoisotopic (exact) mass is 311 g/mol. The first kappa shape index (κ1) is 16.2. The van der Waals surface area contributed by atoms with E-state index in [1.807, 2.05) is 0 Å². The van der Waals surface area contributed by atoms with Gasteiger partial charge in [0.2, 0.25) is 5.91 Å². The zero-order valence-electron chi connectivity index (χ0n) is 12.2. The Balaban J connectivity index is 1.92. The highest BCUT2D eigenvalue weighted by Crippen LogP contribution is 2.12. The van der Waals surface area contributed by atoms with Gasteiger partial charge in [-0.25, -0.2) is 4.39 Å². The third kappa shape index (κ3) is 4.93. The number of anilines is 1. The van der Waals surface area contributed by atoms with Crippen LogP contribution in [0.3, 0.4) is 0 Å². The molecule has 2 aromatic rings. The minimum absolute atomic E-state index is 0.175. The Morgan fingerprint density at radius 2 is 1.70 bits per heavy atom. The lowest BCUT2D eigenvalue weighted by molar-refractivity contribution is -0.120. The molecule has 0 aliphatic heterocycles. The highest BCUT2D eigenvalue weighted by molar-refractivity contribution is 6.04. The van der Waals surface area contributed by atoms with Crippen LogP contribution in [-0.4, -0.2) is 11.8 Å². The van der Waals surface area contributed by atoms with Crippen LogP contribution in [0.4, 0.5) is 10.1 Å². The summed E-state index contributed by atoms with van der Waals surface area (Å²) in [6.07, 6.45) is -0.175. The lowest BCUT2D eigenvalue weighted by atomic mass is 10.1. The van der Waals surface area contributed by atoms with Crippen LogP contribution in [0.2, 0.25) is 0 Å². The Morgan fingerprint density at radius 1 is 1.04 bits per heavy atom. The molecule has 0 bridgehead atoms. The van der Waals surface area contributed by atoms with Crippen LogP contribution >= 0.6 is 0 Å². The first-order valence-corrected chi connectivity index (χ1v) is 6.88. The second kappa shape index (κ2) is 7.71. The van der Waals surface area contributed by atoms with Gasteiger partial charge in [-0.3, -0.25) is 9.59 Å². The van der Waals surface area contributed by atoms with Gasteiger partial charge in [-0.2, -0.15) is 5.26 Å². The molecule has 0 unspecified atom stereocenters. The molecule has 0 spiro atoms. The molecule has 0 radical (unpaired) electrons. The maximum absolute atomic E-state index is 12.8. The molecule has 0 aliphatic rings. The van der Waals surface area contributed by atoms with Gasteiger partial charge in [0.15, 0.2) is 0 Å². The molecule has 0 aliphatic carbocycles. The van der Waals surface area contributed by atoms with Gasteiger partial charge in [0.05, 0.1) is 6.07 Å². The molecule has 2 rings (SSSR count). The van der Waals surface area contributed by atoms with Crippen molar-refractivity contribution >= 4 is 17.5 Å². The minimum atomic E-state index is -0.399. The highest BCUT2D eigenvalue weighted by Gasteiger charge is 2.06. The van der Waals surface area contributed by atoms with Crippen molar-refractivity contribution in [2.45, 2.75) is 13.0 Å². The number of hydrogen-bond donors (Lipinski definition) is 2.